The smallest absolute Gasteiger partial charge is 0.325 e. The van der Waals surface area contributed by atoms with Crippen molar-refractivity contribution in [3.63, 3.8) is 0 Å². The highest BCUT2D eigenvalue weighted by Crippen LogP contribution is 2.30. The molecule has 0 radical (unpaired) electrons. The Bertz CT molecular complexity index is 1350. The van der Waals surface area contributed by atoms with Gasteiger partial charge in [-0.15, -0.1) is 0 Å². The second kappa shape index (κ2) is 10.2. The number of rotatable bonds is 8. The lowest BCUT2D eigenvalue weighted by Crippen LogP contribution is -2.23. The highest BCUT2D eigenvalue weighted by Gasteiger charge is 2.20. The maximum atomic E-state index is 13.1. The van der Waals surface area contributed by atoms with Gasteiger partial charge in [-0.2, -0.15) is 0 Å². The number of hydrogen-bond donors (Lipinski definition) is 3. The largest absolute Gasteiger partial charge is 0.468 e. The molecule has 2 aromatic carbocycles. The van der Waals surface area contributed by atoms with Crippen molar-refractivity contribution >= 4 is 23.3 Å². The van der Waals surface area contributed by atoms with E-state index in [1.54, 1.807) is 16.5 Å². The van der Waals surface area contributed by atoms with E-state index in [1.165, 1.54) is 7.11 Å². The van der Waals surface area contributed by atoms with Crippen LogP contribution in [0.4, 0.5) is 5.82 Å². The van der Waals surface area contributed by atoms with Gasteiger partial charge in [0, 0.05) is 24.8 Å². The average molecular weight is 458 g/mol. The number of imidazole rings is 1. The van der Waals surface area contributed by atoms with Crippen LogP contribution in [0, 0.1) is 6.92 Å². The van der Waals surface area contributed by atoms with Crippen molar-refractivity contribution in [3.8, 4) is 11.3 Å². The van der Waals surface area contributed by atoms with Gasteiger partial charge in [-0.1, -0.05) is 48.0 Å². The van der Waals surface area contributed by atoms with Crippen LogP contribution in [0.5, 0.6) is 0 Å². The minimum Gasteiger partial charge on any atom is -0.468 e. The first kappa shape index (κ1) is 23.0. The fraction of sp³-hybridized carbons (Fsp3) is 0.192. The molecular weight excluding hydrogens is 430 g/mol. The number of aromatic nitrogens is 2. The third-order valence-corrected chi connectivity index (χ3v) is 5.49. The number of amides is 1. The Morgan fingerprint density at radius 2 is 1.85 bits per heavy atom. The van der Waals surface area contributed by atoms with E-state index in [0.29, 0.717) is 35.8 Å². The lowest BCUT2D eigenvalue weighted by Gasteiger charge is -2.09. The Morgan fingerprint density at radius 1 is 1.06 bits per heavy atom. The minimum atomic E-state index is -0.404. The third kappa shape index (κ3) is 4.92. The molecule has 0 bridgehead atoms. The Hall–Kier alpha value is -4.17. The van der Waals surface area contributed by atoms with Crippen LogP contribution in [-0.4, -0.2) is 34.9 Å². The van der Waals surface area contributed by atoms with Crippen LogP contribution in [0.25, 0.3) is 16.9 Å². The molecule has 0 saturated carbocycles. The highest BCUT2D eigenvalue weighted by atomic mass is 16.5. The van der Waals surface area contributed by atoms with Crippen molar-refractivity contribution in [2.45, 2.75) is 20.0 Å². The molecule has 4 aromatic rings. The Kier molecular flexibility index (Phi) is 6.89. The van der Waals surface area contributed by atoms with Gasteiger partial charge in [0.25, 0.3) is 5.91 Å². The number of nitrogens with two attached hydrogens (primary N) is 1. The van der Waals surface area contributed by atoms with Crippen molar-refractivity contribution in [1.29, 1.82) is 0 Å². The maximum absolute atomic E-state index is 13.1. The first-order valence-electron chi connectivity index (χ1n) is 10.9. The average Bonchev–Trinajstić information content (AvgIpc) is 3.24. The van der Waals surface area contributed by atoms with E-state index >= 15 is 0 Å². The second-order valence-electron chi connectivity index (χ2n) is 7.93. The van der Waals surface area contributed by atoms with Crippen LogP contribution in [0.15, 0.2) is 66.9 Å². The number of fused-ring (bicyclic) bond motifs is 1. The van der Waals surface area contributed by atoms with Gasteiger partial charge in [-0.05, 0) is 36.2 Å². The fourth-order valence-corrected chi connectivity index (χ4v) is 3.78. The predicted octanol–water partition coefficient (Wildman–Crippen LogP) is 3.28. The molecule has 174 valence electrons. The van der Waals surface area contributed by atoms with Crippen molar-refractivity contribution in [1.82, 2.24) is 14.7 Å². The molecule has 0 saturated heterocycles. The predicted molar refractivity (Wildman–Crippen MR) is 131 cm³/mol. The number of pyridine rings is 1. The molecular formula is C26H27N5O3. The van der Waals surface area contributed by atoms with Gasteiger partial charge in [-0.3, -0.25) is 14.0 Å². The van der Waals surface area contributed by atoms with E-state index in [2.05, 4.69) is 10.6 Å². The van der Waals surface area contributed by atoms with E-state index < -0.39 is 5.97 Å². The quantitative estimate of drug-likeness (QED) is 0.350. The first-order valence-corrected chi connectivity index (χ1v) is 10.9. The lowest BCUT2D eigenvalue weighted by molar-refractivity contribution is -0.138. The Labute approximate surface area is 197 Å². The van der Waals surface area contributed by atoms with Gasteiger partial charge in [0.15, 0.2) is 5.65 Å². The Morgan fingerprint density at radius 3 is 2.62 bits per heavy atom. The zero-order chi connectivity index (χ0) is 24.1. The summed E-state index contributed by atoms with van der Waals surface area (Å²) >= 11 is 0. The summed E-state index contributed by atoms with van der Waals surface area (Å²) < 4.78 is 6.56. The molecule has 8 heteroatoms. The lowest BCUT2D eigenvalue weighted by atomic mass is 10.1. The minimum absolute atomic E-state index is 0.0307. The summed E-state index contributed by atoms with van der Waals surface area (Å²) in [6.07, 6.45) is 1.81. The molecule has 8 nitrogen and oxygen atoms in total. The molecule has 2 heterocycles. The van der Waals surface area contributed by atoms with E-state index in [-0.39, 0.29) is 12.5 Å². The number of nitrogens with zero attached hydrogens (tertiary/aromatic N) is 2. The van der Waals surface area contributed by atoms with Gasteiger partial charge < -0.3 is 21.1 Å². The SMILES string of the molecule is COC(=O)CNc1c(-c2cccc(C)c2)nc2c(C(=O)NCc3cccc(CN)c3)cccn12. The number of hydrogen-bond acceptors (Lipinski definition) is 6. The molecule has 0 fully saturated rings. The van der Waals surface area contributed by atoms with Crippen molar-refractivity contribution in [3.05, 3.63) is 89.1 Å². The number of benzene rings is 2. The van der Waals surface area contributed by atoms with E-state index in [9.17, 15) is 9.59 Å². The number of carbonyl (C=O) groups excluding carboxylic acids is 2. The normalized spacial score (nSPS) is 10.8. The monoisotopic (exact) mass is 457 g/mol. The number of aryl methyl sites for hydroxylation is 1. The van der Waals surface area contributed by atoms with Gasteiger partial charge in [-0.25, -0.2) is 4.98 Å². The first-order chi connectivity index (χ1) is 16.5. The summed E-state index contributed by atoms with van der Waals surface area (Å²) in [7, 11) is 1.34. The fourth-order valence-electron chi connectivity index (χ4n) is 3.78. The third-order valence-electron chi connectivity index (χ3n) is 5.49. The molecule has 1 amide bonds. The molecule has 0 aliphatic heterocycles. The summed E-state index contributed by atoms with van der Waals surface area (Å²) in [4.78, 5) is 29.7. The van der Waals surface area contributed by atoms with E-state index in [4.69, 9.17) is 15.5 Å². The summed E-state index contributed by atoms with van der Waals surface area (Å²) in [5.41, 5.74) is 11.2. The molecule has 0 atom stereocenters. The van der Waals surface area contributed by atoms with Crippen LogP contribution in [0.1, 0.15) is 27.0 Å². The molecule has 34 heavy (non-hydrogen) atoms. The maximum Gasteiger partial charge on any atom is 0.325 e. The molecule has 4 N–H and O–H groups in total. The summed E-state index contributed by atoms with van der Waals surface area (Å²) in [6, 6.07) is 19.2. The zero-order valence-electron chi connectivity index (χ0n) is 19.2. The topological polar surface area (TPSA) is 111 Å². The van der Waals surface area contributed by atoms with Crippen LogP contribution >= 0.6 is 0 Å². The number of esters is 1. The van der Waals surface area contributed by atoms with E-state index in [1.807, 2.05) is 61.7 Å². The summed E-state index contributed by atoms with van der Waals surface area (Å²) in [5, 5.41) is 6.09. The number of anilines is 1. The number of carbonyl (C=O) groups is 2. The number of methoxy groups -OCH3 is 1. The molecule has 4 rings (SSSR count). The zero-order valence-corrected chi connectivity index (χ0v) is 19.2. The van der Waals surface area contributed by atoms with Crippen molar-refractivity contribution < 1.29 is 14.3 Å². The Balaban J connectivity index is 1.70. The molecule has 2 aromatic heterocycles. The summed E-state index contributed by atoms with van der Waals surface area (Å²) in [6.45, 7) is 2.78. The van der Waals surface area contributed by atoms with Crippen LogP contribution in [-0.2, 0) is 22.6 Å². The van der Waals surface area contributed by atoms with Crippen LogP contribution in [0.3, 0.4) is 0 Å². The van der Waals surface area contributed by atoms with Crippen LogP contribution < -0.4 is 16.4 Å². The molecule has 0 aliphatic rings. The van der Waals surface area contributed by atoms with Gasteiger partial charge in [0.2, 0.25) is 0 Å². The van der Waals surface area contributed by atoms with Crippen LogP contribution in [0.2, 0.25) is 0 Å². The van der Waals surface area contributed by atoms with Crippen molar-refractivity contribution in [2.24, 2.45) is 5.73 Å². The summed E-state index contributed by atoms with van der Waals surface area (Å²) in [5.74, 6) is -0.0425. The molecule has 0 spiro atoms. The number of nitrogens with one attached hydrogen (secondary N) is 2. The second-order valence-corrected chi connectivity index (χ2v) is 7.93. The van der Waals surface area contributed by atoms with Gasteiger partial charge in [0.05, 0.1) is 12.7 Å². The van der Waals surface area contributed by atoms with Crippen molar-refractivity contribution in [2.75, 3.05) is 19.0 Å². The standard InChI is InChI=1S/C26H27N5O3/c1-17-6-3-9-20(12-17)23-25(28-16-22(32)34-2)31-11-5-10-21(24(31)30-23)26(33)29-15-19-8-4-7-18(13-19)14-27/h3-13,28H,14-16,27H2,1-2H3,(H,29,33). The van der Waals surface area contributed by atoms with E-state index in [0.717, 1.165) is 22.3 Å². The highest BCUT2D eigenvalue weighted by molar-refractivity contribution is 6.01. The van der Waals surface area contributed by atoms with Gasteiger partial charge >= 0.3 is 5.97 Å². The molecule has 0 unspecified atom stereocenters. The van der Waals surface area contributed by atoms with Gasteiger partial charge in [0.1, 0.15) is 18.1 Å². The molecule has 0 aliphatic carbocycles. The number of ether oxygens (including phenoxy) is 1.